The predicted octanol–water partition coefficient (Wildman–Crippen LogP) is 3.29. The minimum atomic E-state index is 0.537. The molecule has 25 heavy (non-hydrogen) atoms. The first-order chi connectivity index (χ1) is 12.2. The highest BCUT2D eigenvalue weighted by Crippen LogP contribution is 2.20. The lowest BCUT2D eigenvalue weighted by molar-refractivity contribution is 0.179. The Morgan fingerprint density at radius 2 is 1.96 bits per heavy atom. The van der Waals surface area contributed by atoms with E-state index < -0.39 is 0 Å². The van der Waals surface area contributed by atoms with E-state index in [1.807, 2.05) is 0 Å². The maximum atomic E-state index is 6.13. The van der Waals surface area contributed by atoms with Gasteiger partial charge in [0.15, 0.2) is 5.96 Å². The SMILES string of the molecule is Cc1nc(CN2CCC(CN=C(N)NC3CCCCCC3)CC2)cs1. The van der Waals surface area contributed by atoms with Gasteiger partial charge in [0.2, 0.25) is 0 Å². The molecule has 3 N–H and O–H groups in total. The number of nitrogens with two attached hydrogens (primary N) is 1. The van der Waals surface area contributed by atoms with Crippen molar-refractivity contribution in [2.75, 3.05) is 19.6 Å². The van der Waals surface area contributed by atoms with Crippen molar-refractivity contribution in [3.05, 3.63) is 16.1 Å². The van der Waals surface area contributed by atoms with E-state index in [9.17, 15) is 0 Å². The van der Waals surface area contributed by atoms with Crippen molar-refractivity contribution in [1.29, 1.82) is 0 Å². The summed E-state index contributed by atoms with van der Waals surface area (Å²) in [4.78, 5) is 11.7. The topological polar surface area (TPSA) is 66.5 Å². The van der Waals surface area contributed by atoms with Gasteiger partial charge < -0.3 is 11.1 Å². The average Bonchev–Trinajstić information content (AvgIpc) is 2.85. The Bertz CT molecular complexity index is 540. The molecule has 2 fully saturated rings. The van der Waals surface area contributed by atoms with Crippen molar-refractivity contribution in [1.82, 2.24) is 15.2 Å². The molecule has 1 aliphatic heterocycles. The van der Waals surface area contributed by atoms with Gasteiger partial charge in [0.1, 0.15) is 0 Å². The fourth-order valence-corrected chi connectivity index (χ4v) is 4.55. The van der Waals surface area contributed by atoms with Crippen LogP contribution in [0, 0.1) is 12.8 Å². The Kier molecular flexibility index (Phi) is 7.11. The Labute approximate surface area is 156 Å². The maximum Gasteiger partial charge on any atom is 0.188 e. The van der Waals surface area contributed by atoms with Crippen molar-refractivity contribution in [2.24, 2.45) is 16.6 Å². The van der Waals surface area contributed by atoms with E-state index in [0.717, 1.165) is 31.2 Å². The Hall–Kier alpha value is -1.14. The molecule has 1 saturated heterocycles. The van der Waals surface area contributed by atoms with Gasteiger partial charge in [-0.05, 0) is 51.6 Å². The fraction of sp³-hybridized carbons (Fsp3) is 0.789. The Morgan fingerprint density at radius 1 is 1.24 bits per heavy atom. The lowest BCUT2D eigenvalue weighted by atomic mass is 9.97. The number of hydrogen-bond donors (Lipinski definition) is 2. The van der Waals surface area contributed by atoms with Gasteiger partial charge in [-0.15, -0.1) is 11.3 Å². The third-order valence-corrected chi connectivity index (χ3v) is 6.31. The summed E-state index contributed by atoms with van der Waals surface area (Å²) < 4.78 is 0. The second-order valence-corrected chi connectivity index (χ2v) is 8.70. The van der Waals surface area contributed by atoms with Gasteiger partial charge in [-0.25, -0.2) is 4.98 Å². The summed E-state index contributed by atoms with van der Waals surface area (Å²) in [7, 11) is 0. The molecule has 0 amide bonds. The molecular weight excluding hydrogens is 330 g/mol. The quantitative estimate of drug-likeness (QED) is 0.479. The van der Waals surface area contributed by atoms with Gasteiger partial charge in [-0.2, -0.15) is 0 Å². The molecule has 3 rings (SSSR count). The molecule has 5 nitrogen and oxygen atoms in total. The number of hydrogen-bond acceptors (Lipinski definition) is 4. The molecule has 2 aliphatic rings. The zero-order chi connectivity index (χ0) is 17.5. The van der Waals surface area contributed by atoms with E-state index in [4.69, 9.17) is 5.73 Å². The van der Waals surface area contributed by atoms with Crippen LogP contribution in [0.5, 0.6) is 0 Å². The molecule has 0 unspecified atom stereocenters. The van der Waals surface area contributed by atoms with Crippen molar-refractivity contribution < 1.29 is 0 Å². The number of nitrogens with zero attached hydrogens (tertiary/aromatic N) is 3. The lowest BCUT2D eigenvalue weighted by Crippen LogP contribution is -2.40. The first-order valence-corrected chi connectivity index (χ1v) is 10.8. The number of rotatable bonds is 5. The summed E-state index contributed by atoms with van der Waals surface area (Å²) in [5.41, 5.74) is 7.34. The summed E-state index contributed by atoms with van der Waals surface area (Å²) in [6.07, 6.45) is 10.3. The normalized spacial score (nSPS) is 22.0. The summed E-state index contributed by atoms with van der Waals surface area (Å²) in [5.74, 6) is 1.33. The molecule has 140 valence electrons. The third-order valence-electron chi connectivity index (χ3n) is 5.49. The first-order valence-electron chi connectivity index (χ1n) is 9.89. The Balaban J connectivity index is 1.36. The minimum Gasteiger partial charge on any atom is -0.370 e. The van der Waals surface area contributed by atoms with Crippen LogP contribution >= 0.6 is 11.3 Å². The van der Waals surface area contributed by atoms with Crippen LogP contribution in [-0.2, 0) is 6.54 Å². The molecule has 0 radical (unpaired) electrons. The van der Waals surface area contributed by atoms with Crippen LogP contribution in [-0.4, -0.2) is 41.5 Å². The second kappa shape index (κ2) is 9.53. The maximum absolute atomic E-state index is 6.13. The zero-order valence-electron chi connectivity index (χ0n) is 15.5. The van der Waals surface area contributed by atoms with Crippen molar-refractivity contribution in [2.45, 2.75) is 70.9 Å². The van der Waals surface area contributed by atoms with Crippen molar-refractivity contribution in [3.8, 4) is 0 Å². The summed E-state index contributed by atoms with van der Waals surface area (Å²) in [6, 6.07) is 0.537. The standard InChI is InChI=1S/C19H33N5S/c1-15-22-18(14-25-15)13-24-10-8-16(9-11-24)12-21-19(20)23-17-6-4-2-3-5-7-17/h14,16-17H,2-13H2,1H3,(H3,20,21,23). The average molecular weight is 364 g/mol. The van der Waals surface area contributed by atoms with E-state index in [1.165, 1.54) is 57.1 Å². The molecule has 1 aromatic rings. The molecule has 6 heteroatoms. The van der Waals surface area contributed by atoms with Crippen LogP contribution in [0.3, 0.4) is 0 Å². The predicted molar refractivity (Wildman–Crippen MR) is 106 cm³/mol. The molecule has 0 spiro atoms. The highest BCUT2D eigenvalue weighted by molar-refractivity contribution is 7.09. The molecule has 1 aromatic heterocycles. The molecule has 1 aliphatic carbocycles. The van der Waals surface area contributed by atoms with E-state index in [1.54, 1.807) is 11.3 Å². The zero-order valence-corrected chi connectivity index (χ0v) is 16.4. The van der Waals surface area contributed by atoms with Gasteiger partial charge in [0.05, 0.1) is 10.7 Å². The molecule has 0 bridgehead atoms. The highest BCUT2D eigenvalue weighted by atomic mass is 32.1. The fourth-order valence-electron chi connectivity index (χ4n) is 3.94. The molecule has 0 aromatic carbocycles. The van der Waals surface area contributed by atoms with Crippen LogP contribution < -0.4 is 11.1 Å². The number of nitrogens with one attached hydrogen (secondary N) is 1. The molecule has 1 saturated carbocycles. The van der Waals surface area contributed by atoms with Crippen LogP contribution in [0.1, 0.15) is 62.1 Å². The third kappa shape index (κ3) is 6.26. The lowest BCUT2D eigenvalue weighted by Gasteiger charge is -2.30. The second-order valence-electron chi connectivity index (χ2n) is 7.64. The van der Waals surface area contributed by atoms with Crippen LogP contribution in [0.25, 0.3) is 0 Å². The minimum absolute atomic E-state index is 0.537. The van der Waals surface area contributed by atoms with E-state index in [0.29, 0.717) is 17.9 Å². The number of guanidine groups is 1. The number of aliphatic imine (C=N–C) groups is 1. The van der Waals surface area contributed by atoms with Crippen LogP contribution in [0.4, 0.5) is 0 Å². The van der Waals surface area contributed by atoms with Gasteiger partial charge >= 0.3 is 0 Å². The molecule has 0 atom stereocenters. The monoisotopic (exact) mass is 363 g/mol. The summed E-state index contributed by atoms with van der Waals surface area (Å²) in [6.45, 7) is 6.23. The number of aryl methyl sites for hydroxylation is 1. The highest BCUT2D eigenvalue weighted by Gasteiger charge is 2.20. The van der Waals surface area contributed by atoms with E-state index >= 15 is 0 Å². The van der Waals surface area contributed by atoms with Gasteiger partial charge in [0.25, 0.3) is 0 Å². The summed E-state index contributed by atoms with van der Waals surface area (Å²) >= 11 is 1.74. The van der Waals surface area contributed by atoms with E-state index in [2.05, 4.69) is 32.5 Å². The smallest absolute Gasteiger partial charge is 0.188 e. The van der Waals surface area contributed by atoms with Gasteiger partial charge in [0, 0.05) is 24.5 Å². The van der Waals surface area contributed by atoms with Gasteiger partial charge in [-0.1, -0.05) is 25.7 Å². The number of aromatic nitrogens is 1. The molecule has 2 heterocycles. The van der Waals surface area contributed by atoms with E-state index in [-0.39, 0.29) is 0 Å². The summed E-state index contributed by atoms with van der Waals surface area (Å²) in [5, 5.41) is 6.80. The number of piperidine rings is 1. The number of likely N-dealkylation sites (tertiary alicyclic amines) is 1. The van der Waals surface area contributed by atoms with Crippen molar-refractivity contribution >= 4 is 17.3 Å². The Morgan fingerprint density at radius 3 is 2.60 bits per heavy atom. The van der Waals surface area contributed by atoms with Gasteiger partial charge in [-0.3, -0.25) is 9.89 Å². The largest absolute Gasteiger partial charge is 0.370 e. The number of thiazole rings is 1. The van der Waals surface area contributed by atoms with Crippen molar-refractivity contribution in [3.63, 3.8) is 0 Å². The molecular formula is C19H33N5S. The van der Waals surface area contributed by atoms with Crippen LogP contribution in [0.2, 0.25) is 0 Å². The first kappa shape index (κ1) is 18.6. The van der Waals surface area contributed by atoms with Crippen LogP contribution in [0.15, 0.2) is 10.4 Å².